The highest BCUT2D eigenvalue weighted by Gasteiger charge is 2.38. The predicted molar refractivity (Wildman–Crippen MR) is 130 cm³/mol. The smallest absolute Gasteiger partial charge is 0.337 e. The fourth-order valence-corrected chi connectivity index (χ4v) is 4.63. The van der Waals surface area contributed by atoms with Gasteiger partial charge in [-0.2, -0.15) is 0 Å². The van der Waals surface area contributed by atoms with E-state index in [1.165, 1.54) is 17.9 Å². The van der Waals surface area contributed by atoms with E-state index in [1.54, 1.807) is 54.5 Å². The summed E-state index contributed by atoms with van der Waals surface area (Å²) in [6.07, 6.45) is 0.451. The van der Waals surface area contributed by atoms with E-state index < -0.39 is 12.0 Å². The van der Waals surface area contributed by atoms with E-state index in [9.17, 15) is 19.5 Å². The SMILES string of the molecule is COc1ccc(C(=O)N2c3ccccc3C(N(C(C)=O)c3ccccc3C(=O)O)CC2C)cc1. The number of aromatic carboxylic acids is 1. The predicted octanol–water partition coefficient (Wildman–Crippen LogP) is 4.93. The molecule has 2 amide bonds. The topological polar surface area (TPSA) is 87.2 Å². The van der Waals surface area contributed by atoms with Gasteiger partial charge >= 0.3 is 5.97 Å². The van der Waals surface area contributed by atoms with E-state index in [-0.39, 0.29) is 23.4 Å². The Morgan fingerprint density at radius 1 is 0.971 bits per heavy atom. The molecule has 174 valence electrons. The van der Waals surface area contributed by atoms with Crippen LogP contribution in [0.2, 0.25) is 0 Å². The van der Waals surface area contributed by atoms with Crippen molar-refractivity contribution in [2.75, 3.05) is 16.9 Å². The number of para-hydroxylation sites is 2. The van der Waals surface area contributed by atoms with Gasteiger partial charge in [0.1, 0.15) is 5.75 Å². The van der Waals surface area contributed by atoms with Crippen LogP contribution in [0.25, 0.3) is 0 Å². The molecule has 0 radical (unpaired) electrons. The molecule has 7 heteroatoms. The molecule has 3 aromatic carbocycles. The third kappa shape index (κ3) is 4.12. The molecule has 1 N–H and O–H groups in total. The highest BCUT2D eigenvalue weighted by atomic mass is 16.5. The molecule has 0 saturated carbocycles. The van der Waals surface area contributed by atoms with Crippen LogP contribution >= 0.6 is 0 Å². The minimum Gasteiger partial charge on any atom is -0.497 e. The lowest BCUT2D eigenvalue weighted by Crippen LogP contribution is -2.47. The van der Waals surface area contributed by atoms with E-state index in [2.05, 4.69) is 0 Å². The number of hydrogen-bond acceptors (Lipinski definition) is 4. The third-order valence-electron chi connectivity index (χ3n) is 6.16. The molecule has 0 bridgehead atoms. The Labute approximate surface area is 198 Å². The first-order valence-corrected chi connectivity index (χ1v) is 11.0. The lowest BCUT2D eigenvalue weighted by Gasteiger charge is -2.43. The molecule has 2 unspecified atom stereocenters. The van der Waals surface area contributed by atoms with Crippen molar-refractivity contribution in [1.29, 1.82) is 0 Å². The summed E-state index contributed by atoms with van der Waals surface area (Å²) < 4.78 is 5.20. The van der Waals surface area contributed by atoms with Gasteiger partial charge in [0.05, 0.1) is 24.4 Å². The number of carbonyl (C=O) groups is 3. The van der Waals surface area contributed by atoms with E-state index in [0.29, 0.717) is 29.1 Å². The van der Waals surface area contributed by atoms with E-state index in [1.807, 2.05) is 31.2 Å². The van der Waals surface area contributed by atoms with Crippen LogP contribution in [0.15, 0.2) is 72.8 Å². The van der Waals surface area contributed by atoms with Gasteiger partial charge in [-0.15, -0.1) is 0 Å². The number of hydrogen-bond donors (Lipinski definition) is 1. The van der Waals surface area contributed by atoms with Gasteiger partial charge in [0.15, 0.2) is 0 Å². The molecule has 0 fully saturated rings. The Bertz CT molecular complexity index is 1240. The van der Waals surface area contributed by atoms with Crippen LogP contribution in [0.5, 0.6) is 5.75 Å². The average molecular weight is 459 g/mol. The highest BCUT2D eigenvalue weighted by molar-refractivity contribution is 6.08. The number of amides is 2. The second-order valence-corrected chi connectivity index (χ2v) is 8.27. The Hall–Kier alpha value is -4.13. The van der Waals surface area contributed by atoms with Gasteiger partial charge in [-0.3, -0.25) is 9.59 Å². The first kappa shape index (κ1) is 23.0. The lowest BCUT2D eigenvalue weighted by molar-refractivity contribution is -0.117. The number of methoxy groups -OCH3 is 1. The quantitative estimate of drug-likeness (QED) is 0.586. The maximum absolute atomic E-state index is 13.5. The molecule has 7 nitrogen and oxygen atoms in total. The van der Waals surface area contributed by atoms with Crippen molar-refractivity contribution in [2.24, 2.45) is 0 Å². The number of nitrogens with zero attached hydrogens (tertiary/aromatic N) is 2. The number of rotatable bonds is 5. The van der Waals surface area contributed by atoms with Crippen LogP contribution in [0, 0.1) is 0 Å². The van der Waals surface area contributed by atoms with Crippen molar-refractivity contribution in [2.45, 2.75) is 32.4 Å². The third-order valence-corrected chi connectivity index (χ3v) is 6.16. The fraction of sp³-hybridized carbons (Fsp3) is 0.222. The first-order valence-electron chi connectivity index (χ1n) is 11.0. The number of carbonyl (C=O) groups excluding carboxylic acids is 2. The molecule has 0 aliphatic carbocycles. The Kier molecular flexibility index (Phi) is 6.36. The van der Waals surface area contributed by atoms with Crippen molar-refractivity contribution < 1.29 is 24.2 Å². The summed E-state index contributed by atoms with van der Waals surface area (Å²) in [6.45, 7) is 3.37. The highest BCUT2D eigenvalue weighted by Crippen LogP contribution is 2.43. The van der Waals surface area contributed by atoms with Gasteiger partial charge in [0, 0.05) is 24.2 Å². The zero-order chi connectivity index (χ0) is 24.4. The second kappa shape index (κ2) is 9.39. The minimum atomic E-state index is -1.10. The monoisotopic (exact) mass is 458 g/mol. The van der Waals surface area contributed by atoms with Crippen LogP contribution in [-0.4, -0.2) is 36.0 Å². The fourth-order valence-electron chi connectivity index (χ4n) is 4.63. The number of fused-ring (bicyclic) bond motifs is 1. The van der Waals surface area contributed by atoms with Gasteiger partial charge in [-0.05, 0) is 61.4 Å². The van der Waals surface area contributed by atoms with Crippen LogP contribution < -0.4 is 14.5 Å². The van der Waals surface area contributed by atoms with Gasteiger partial charge in [-0.1, -0.05) is 30.3 Å². The van der Waals surface area contributed by atoms with Crippen molar-refractivity contribution >= 4 is 29.2 Å². The maximum Gasteiger partial charge on any atom is 0.337 e. The van der Waals surface area contributed by atoms with Crippen LogP contribution in [-0.2, 0) is 4.79 Å². The molecule has 3 aromatic rings. The number of ether oxygens (including phenoxy) is 1. The molecular formula is C27H26N2O5. The molecule has 1 aliphatic heterocycles. The molecule has 0 aromatic heterocycles. The second-order valence-electron chi connectivity index (χ2n) is 8.27. The molecular weight excluding hydrogens is 432 g/mol. The van der Waals surface area contributed by atoms with Crippen molar-refractivity contribution in [3.8, 4) is 5.75 Å². The zero-order valence-corrected chi connectivity index (χ0v) is 19.3. The summed E-state index contributed by atoms with van der Waals surface area (Å²) in [7, 11) is 1.57. The lowest BCUT2D eigenvalue weighted by atomic mass is 9.89. The number of carboxylic acids is 1. The van der Waals surface area contributed by atoms with Gasteiger partial charge in [-0.25, -0.2) is 4.79 Å². The molecule has 0 saturated heterocycles. The van der Waals surface area contributed by atoms with Gasteiger partial charge < -0.3 is 19.6 Å². The first-order chi connectivity index (χ1) is 16.3. The van der Waals surface area contributed by atoms with Crippen LogP contribution in [0.4, 0.5) is 11.4 Å². The zero-order valence-electron chi connectivity index (χ0n) is 19.3. The molecule has 1 heterocycles. The van der Waals surface area contributed by atoms with E-state index in [0.717, 1.165) is 5.56 Å². The van der Waals surface area contributed by atoms with Crippen LogP contribution in [0.1, 0.15) is 52.6 Å². The normalized spacial score (nSPS) is 17.0. The van der Waals surface area contributed by atoms with Crippen molar-refractivity contribution in [3.05, 3.63) is 89.5 Å². The molecule has 4 rings (SSSR count). The molecule has 2 atom stereocenters. The number of benzene rings is 3. The van der Waals surface area contributed by atoms with E-state index in [4.69, 9.17) is 4.74 Å². The minimum absolute atomic E-state index is 0.0552. The summed E-state index contributed by atoms with van der Waals surface area (Å²) >= 11 is 0. The Balaban J connectivity index is 1.79. The van der Waals surface area contributed by atoms with Gasteiger partial charge in [0.2, 0.25) is 5.91 Å². The number of carboxylic acid groups (broad SMARTS) is 1. The standard InChI is InChI=1S/C27H26N2O5/c1-17-16-25(29(18(2)30)24-11-7-5-9-22(24)27(32)33)21-8-4-6-10-23(21)28(17)26(31)19-12-14-20(34-3)15-13-19/h4-15,17,25H,16H2,1-3H3,(H,32,33). The summed E-state index contributed by atoms with van der Waals surface area (Å²) in [5, 5.41) is 9.72. The molecule has 0 spiro atoms. The maximum atomic E-state index is 13.5. The largest absolute Gasteiger partial charge is 0.497 e. The summed E-state index contributed by atoms with van der Waals surface area (Å²) in [5.41, 5.74) is 2.41. The van der Waals surface area contributed by atoms with Gasteiger partial charge in [0.25, 0.3) is 5.91 Å². The molecule has 1 aliphatic rings. The van der Waals surface area contributed by atoms with Crippen LogP contribution in [0.3, 0.4) is 0 Å². The Morgan fingerprint density at radius 3 is 2.26 bits per heavy atom. The van der Waals surface area contributed by atoms with Crippen molar-refractivity contribution in [1.82, 2.24) is 0 Å². The summed E-state index contributed by atoms with van der Waals surface area (Å²) in [4.78, 5) is 41.6. The molecule has 34 heavy (non-hydrogen) atoms. The average Bonchev–Trinajstić information content (AvgIpc) is 2.84. The number of anilines is 2. The van der Waals surface area contributed by atoms with Crippen molar-refractivity contribution in [3.63, 3.8) is 0 Å². The Morgan fingerprint density at radius 2 is 1.62 bits per heavy atom. The summed E-state index contributed by atoms with van der Waals surface area (Å²) in [5.74, 6) is -0.856. The van der Waals surface area contributed by atoms with E-state index >= 15 is 0 Å². The summed E-state index contributed by atoms with van der Waals surface area (Å²) in [6, 6.07) is 20.2.